The third kappa shape index (κ3) is 3.97. The van der Waals surface area contributed by atoms with Gasteiger partial charge in [-0.2, -0.15) is 0 Å². The van der Waals surface area contributed by atoms with Crippen molar-refractivity contribution in [3.63, 3.8) is 0 Å². The molecule has 0 saturated carbocycles. The van der Waals surface area contributed by atoms with E-state index in [9.17, 15) is 4.79 Å². The van der Waals surface area contributed by atoms with E-state index in [1.165, 1.54) is 0 Å². The Morgan fingerprint density at radius 3 is 2.83 bits per heavy atom. The highest BCUT2D eigenvalue weighted by atomic mass is 16.6. The Hall–Kier alpha value is -2.71. The molecule has 30 heavy (non-hydrogen) atoms. The molecule has 3 unspecified atom stereocenters. The first-order chi connectivity index (χ1) is 14.7. The van der Waals surface area contributed by atoms with Crippen molar-refractivity contribution in [2.75, 3.05) is 31.6 Å². The highest BCUT2D eigenvalue weighted by molar-refractivity contribution is 5.82. The normalized spacial score (nSPS) is 25.9. The Kier molecular flexibility index (Phi) is 5.26. The van der Waals surface area contributed by atoms with E-state index in [1.54, 1.807) is 0 Å². The lowest BCUT2D eigenvalue weighted by molar-refractivity contribution is -0.134. The van der Waals surface area contributed by atoms with Crippen molar-refractivity contribution >= 4 is 11.6 Å². The second-order valence-corrected chi connectivity index (χ2v) is 8.20. The molecule has 1 amide bonds. The van der Waals surface area contributed by atoms with Crippen LogP contribution in [0, 0.1) is 6.92 Å². The lowest BCUT2D eigenvalue weighted by Crippen LogP contribution is -2.51. The lowest BCUT2D eigenvalue weighted by Gasteiger charge is -2.35. The molecular formula is C22H28N4O4. The van der Waals surface area contributed by atoms with Crippen LogP contribution in [0.15, 0.2) is 34.7 Å². The van der Waals surface area contributed by atoms with Crippen molar-refractivity contribution in [3.05, 3.63) is 41.9 Å². The highest BCUT2D eigenvalue weighted by Crippen LogP contribution is 2.33. The van der Waals surface area contributed by atoms with Gasteiger partial charge in [-0.1, -0.05) is 0 Å². The molecule has 1 aromatic carbocycles. The first-order valence-electron chi connectivity index (χ1n) is 10.7. The summed E-state index contributed by atoms with van der Waals surface area (Å²) < 4.78 is 17.0. The number of hydrogen-bond donors (Lipinski definition) is 3. The summed E-state index contributed by atoms with van der Waals surface area (Å²) >= 11 is 0. The Bertz CT molecular complexity index is 914. The quantitative estimate of drug-likeness (QED) is 0.711. The van der Waals surface area contributed by atoms with Crippen LogP contribution in [0.3, 0.4) is 0 Å². The van der Waals surface area contributed by atoms with E-state index in [0.717, 1.165) is 48.1 Å². The van der Waals surface area contributed by atoms with Crippen LogP contribution in [0.25, 0.3) is 0 Å². The molecule has 0 radical (unpaired) electrons. The SMILES string of the molecule is Cc1ccc(C2CC(C(=O)N3CCCC(Nc4ccc5c(c4)OCCO5)C3)NN2)o1. The van der Waals surface area contributed by atoms with E-state index in [0.29, 0.717) is 26.2 Å². The maximum Gasteiger partial charge on any atom is 0.241 e. The number of nitrogens with zero attached hydrogens (tertiary/aromatic N) is 1. The second kappa shape index (κ2) is 8.20. The van der Waals surface area contributed by atoms with Crippen LogP contribution < -0.4 is 25.6 Å². The molecule has 4 heterocycles. The van der Waals surface area contributed by atoms with Gasteiger partial charge in [0.25, 0.3) is 0 Å². The molecule has 3 N–H and O–H groups in total. The predicted octanol–water partition coefficient (Wildman–Crippen LogP) is 2.37. The van der Waals surface area contributed by atoms with Gasteiger partial charge in [0.1, 0.15) is 30.8 Å². The summed E-state index contributed by atoms with van der Waals surface area (Å²) in [6.07, 6.45) is 2.69. The number of hydrazine groups is 1. The molecule has 0 bridgehead atoms. The number of carbonyl (C=O) groups is 1. The molecule has 5 rings (SSSR count). The number of aryl methyl sites for hydroxylation is 1. The van der Waals surface area contributed by atoms with Crippen molar-refractivity contribution in [1.29, 1.82) is 0 Å². The van der Waals surface area contributed by atoms with E-state index in [2.05, 4.69) is 16.2 Å². The molecule has 2 saturated heterocycles. The van der Waals surface area contributed by atoms with Crippen molar-refractivity contribution in [3.8, 4) is 11.5 Å². The Morgan fingerprint density at radius 1 is 1.13 bits per heavy atom. The van der Waals surface area contributed by atoms with Gasteiger partial charge in [-0.05, 0) is 50.5 Å². The molecule has 2 fully saturated rings. The Labute approximate surface area is 175 Å². The molecule has 3 atom stereocenters. The van der Waals surface area contributed by atoms with Crippen LogP contribution in [0.5, 0.6) is 11.5 Å². The number of piperidine rings is 1. The number of anilines is 1. The minimum absolute atomic E-state index is 0.0177. The Morgan fingerprint density at radius 2 is 2.00 bits per heavy atom. The first kappa shape index (κ1) is 19.3. The van der Waals surface area contributed by atoms with Gasteiger partial charge in [-0.25, -0.2) is 10.9 Å². The molecule has 0 spiro atoms. The van der Waals surface area contributed by atoms with Gasteiger partial charge in [0.15, 0.2) is 11.5 Å². The number of furan rings is 1. The minimum Gasteiger partial charge on any atom is -0.486 e. The summed E-state index contributed by atoms with van der Waals surface area (Å²) in [6, 6.07) is 9.83. The third-order valence-electron chi connectivity index (χ3n) is 5.95. The molecule has 2 aromatic rings. The largest absolute Gasteiger partial charge is 0.486 e. The zero-order valence-corrected chi connectivity index (χ0v) is 17.1. The smallest absolute Gasteiger partial charge is 0.241 e. The van der Waals surface area contributed by atoms with Crippen LogP contribution in [0.2, 0.25) is 0 Å². The number of likely N-dealkylation sites (tertiary alicyclic amines) is 1. The molecule has 1 aromatic heterocycles. The number of hydrogen-bond acceptors (Lipinski definition) is 7. The zero-order valence-electron chi connectivity index (χ0n) is 17.1. The van der Waals surface area contributed by atoms with Crippen LogP contribution >= 0.6 is 0 Å². The number of carbonyl (C=O) groups excluding carboxylic acids is 1. The monoisotopic (exact) mass is 412 g/mol. The topological polar surface area (TPSA) is 88.0 Å². The molecule has 8 nitrogen and oxygen atoms in total. The Balaban J connectivity index is 1.19. The molecule has 3 aliphatic rings. The average Bonchev–Trinajstić information content (AvgIpc) is 3.42. The lowest BCUT2D eigenvalue weighted by atomic mass is 10.0. The number of benzene rings is 1. The second-order valence-electron chi connectivity index (χ2n) is 8.20. The van der Waals surface area contributed by atoms with Crippen LogP contribution in [0.4, 0.5) is 5.69 Å². The molecule has 8 heteroatoms. The fraction of sp³-hybridized carbons (Fsp3) is 0.500. The van der Waals surface area contributed by atoms with Gasteiger partial charge in [0.05, 0.1) is 6.04 Å². The van der Waals surface area contributed by atoms with E-state index < -0.39 is 0 Å². The van der Waals surface area contributed by atoms with Crippen LogP contribution in [-0.4, -0.2) is 49.2 Å². The maximum absolute atomic E-state index is 13.1. The van der Waals surface area contributed by atoms with E-state index in [4.69, 9.17) is 13.9 Å². The first-order valence-corrected chi connectivity index (χ1v) is 10.7. The fourth-order valence-corrected chi connectivity index (χ4v) is 4.43. The van der Waals surface area contributed by atoms with Crippen LogP contribution in [0.1, 0.15) is 36.8 Å². The third-order valence-corrected chi connectivity index (χ3v) is 5.95. The summed E-state index contributed by atoms with van der Waals surface area (Å²) in [5.74, 6) is 3.45. The van der Waals surface area contributed by atoms with Gasteiger partial charge < -0.3 is 24.1 Å². The standard InChI is InChI=1S/C22H28N4O4/c1-14-4-6-19(30-14)17-12-18(25-24-17)22(27)26-8-2-3-16(13-26)23-15-5-7-20-21(11-15)29-10-9-28-20/h4-7,11,16-18,23-25H,2-3,8-10,12-13H2,1H3. The van der Waals surface area contributed by atoms with Crippen molar-refractivity contribution in [2.24, 2.45) is 0 Å². The van der Waals surface area contributed by atoms with Gasteiger partial charge in [0, 0.05) is 30.9 Å². The van der Waals surface area contributed by atoms with Gasteiger partial charge in [-0.3, -0.25) is 4.79 Å². The summed E-state index contributed by atoms with van der Waals surface area (Å²) in [5.41, 5.74) is 7.35. The van der Waals surface area contributed by atoms with E-state index >= 15 is 0 Å². The van der Waals surface area contributed by atoms with Gasteiger partial charge >= 0.3 is 0 Å². The van der Waals surface area contributed by atoms with Crippen molar-refractivity contribution in [2.45, 2.75) is 44.3 Å². The molecule has 3 aliphatic heterocycles. The number of amides is 1. The van der Waals surface area contributed by atoms with Gasteiger partial charge in [-0.15, -0.1) is 0 Å². The fourth-order valence-electron chi connectivity index (χ4n) is 4.43. The summed E-state index contributed by atoms with van der Waals surface area (Å²) in [7, 11) is 0. The van der Waals surface area contributed by atoms with E-state index in [-0.39, 0.29) is 24.0 Å². The number of nitrogens with one attached hydrogen (secondary N) is 3. The zero-order chi connectivity index (χ0) is 20.5. The number of fused-ring (bicyclic) bond motifs is 1. The molecular weight excluding hydrogens is 384 g/mol. The molecule has 0 aliphatic carbocycles. The number of rotatable bonds is 4. The average molecular weight is 412 g/mol. The highest BCUT2D eigenvalue weighted by Gasteiger charge is 2.35. The van der Waals surface area contributed by atoms with Crippen molar-refractivity contribution in [1.82, 2.24) is 15.8 Å². The maximum atomic E-state index is 13.1. The summed E-state index contributed by atoms with van der Waals surface area (Å²) in [6.45, 7) is 4.57. The van der Waals surface area contributed by atoms with Crippen LogP contribution in [-0.2, 0) is 4.79 Å². The van der Waals surface area contributed by atoms with Gasteiger partial charge in [0.2, 0.25) is 5.91 Å². The summed E-state index contributed by atoms with van der Waals surface area (Å²) in [4.78, 5) is 15.1. The van der Waals surface area contributed by atoms with E-state index in [1.807, 2.05) is 42.2 Å². The van der Waals surface area contributed by atoms with Crippen molar-refractivity contribution < 1.29 is 18.7 Å². The minimum atomic E-state index is -0.242. The summed E-state index contributed by atoms with van der Waals surface area (Å²) in [5, 5.41) is 3.56. The predicted molar refractivity (Wildman–Crippen MR) is 112 cm³/mol. The number of ether oxygens (including phenoxy) is 2. The molecule has 160 valence electrons.